The molecular formula is C29H24F6N2O2. The van der Waals surface area contributed by atoms with Crippen molar-refractivity contribution >= 4 is 10.8 Å². The second-order valence-corrected chi connectivity index (χ2v) is 8.82. The summed E-state index contributed by atoms with van der Waals surface area (Å²) in [4.78, 5) is 8.57. The predicted octanol–water partition coefficient (Wildman–Crippen LogP) is 7.12. The zero-order valence-corrected chi connectivity index (χ0v) is 20.7. The number of fused-ring (bicyclic) bond motifs is 1. The fourth-order valence-corrected chi connectivity index (χ4v) is 4.02. The summed E-state index contributed by atoms with van der Waals surface area (Å²) in [5, 5.41) is 1.11. The lowest BCUT2D eigenvalue weighted by Crippen LogP contribution is -2.20. The van der Waals surface area contributed by atoms with Crippen molar-refractivity contribution in [1.29, 1.82) is 0 Å². The third-order valence-electron chi connectivity index (χ3n) is 5.91. The summed E-state index contributed by atoms with van der Waals surface area (Å²) in [5.74, 6) is -2.83. The first-order chi connectivity index (χ1) is 18.6. The number of hydrogen-bond acceptors (Lipinski definition) is 4. The van der Waals surface area contributed by atoms with Crippen LogP contribution in [-0.4, -0.2) is 29.4 Å². The van der Waals surface area contributed by atoms with Gasteiger partial charge in [-0.3, -0.25) is 0 Å². The van der Waals surface area contributed by atoms with Gasteiger partial charge in [-0.1, -0.05) is 43.0 Å². The Balaban J connectivity index is 1.39. The average Bonchev–Trinajstić information content (AvgIpc) is 2.90. The molecule has 0 N–H and O–H groups in total. The second-order valence-electron chi connectivity index (χ2n) is 8.82. The van der Waals surface area contributed by atoms with Crippen molar-refractivity contribution < 1.29 is 35.8 Å². The number of alkyl halides is 3. The lowest BCUT2D eigenvalue weighted by Gasteiger charge is -2.12. The maximum absolute atomic E-state index is 15.2. The van der Waals surface area contributed by atoms with Crippen LogP contribution in [0.15, 0.2) is 67.5 Å². The first-order valence-electron chi connectivity index (χ1n) is 12.0. The van der Waals surface area contributed by atoms with Gasteiger partial charge in [-0.15, -0.1) is 0 Å². The number of ether oxygens (including phenoxy) is 2. The molecule has 0 amide bonds. The van der Waals surface area contributed by atoms with E-state index in [1.165, 1.54) is 0 Å². The highest BCUT2D eigenvalue weighted by Gasteiger charge is 2.30. The molecule has 0 unspecified atom stereocenters. The molecular weight excluding hydrogens is 522 g/mol. The van der Waals surface area contributed by atoms with E-state index < -0.39 is 36.0 Å². The Kier molecular flexibility index (Phi) is 8.73. The molecule has 0 aliphatic carbocycles. The maximum atomic E-state index is 15.2. The van der Waals surface area contributed by atoms with Crippen LogP contribution in [0.4, 0.5) is 26.3 Å². The summed E-state index contributed by atoms with van der Waals surface area (Å²) in [6, 6.07) is 10.6. The van der Waals surface area contributed by atoms with E-state index in [9.17, 15) is 22.0 Å². The smallest absolute Gasteiger partial charge is 0.422 e. The van der Waals surface area contributed by atoms with Gasteiger partial charge in [0, 0.05) is 11.8 Å². The largest absolute Gasteiger partial charge is 0.486 e. The van der Waals surface area contributed by atoms with Gasteiger partial charge in [0.1, 0.15) is 18.2 Å². The molecule has 1 heterocycles. The van der Waals surface area contributed by atoms with Crippen molar-refractivity contribution in [1.82, 2.24) is 9.97 Å². The Morgan fingerprint density at radius 2 is 1.49 bits per heavy atom. The fourth-order valence-electron chi connectivity index (χ4n) is 4.02. The number of nitrogens with zero attached hydrogens (tertiary/aromatic N) is 2. The molecule has 0 saturated heterocycles. The summed E-state index contributed by atoms with van der Waals surface area (Å²) in [6.07, 6.45) is 1.54. The Morgan fingerprint density at radius 1 is 0.795 bits per heavy atom. The third kappa shape index (κ3) is 7.49. The highest BCUT2D eigenvalue weighted by molar-refractivity contribution is 5.84. The Hall–Kier alpha value is -4.08. The van der Waals surface area contributed by atoms with E-state index >= 15 is 4.39 Å². The zero-order chi connectivity index (χ0) is 28.0. The summed E-state index contributed by atoms with van der Waals surface area (Å²) < 4.78 is 90.0. The SMILES string of the molecule is C=CCOc1cnc(CCc2ccc3c(F)c(CCc4cc(F)c(OCC(F)(F)F)c(F)c4)ccc3c2)nc1. The van der Waals surface area contributed by atoms with Gasteiger partial charge < -0.3 is 9.47 Å². The number of halogens is 6. The molecule has 0 saturated carbocycles. The van der Waals surface area contributed by atoms with E-state index in [4.69, 9.17) is 4.74 Å². The van der Waals surface area contributed by atoms with Crippen LogP contribution < -0.4 is 9.47 Å². The van der Waals surface area contributed by atoms with Crippen LogP contribution >= 0.6 is 0 Å². The molecule has 0 bridgehead atoms. The van der Waals surface area contributed by atoms with Crippen LogP contribution in [-0.2, 0) is 25.7 Å². The van der Waals surface area contributed by atoms with Crippen molar-refractivity contribution in [2.75, 3.05) is 13.2 Å². The molecule has 3 aromatic carbocycles. The molecule has 0 aliphatic heterocycles. The molecule has 0 atom stereocenters. The molecule has 0 aliphatic rings. The molecule has 4 nitrogen and oxygen atoms in total. The summed E-state index contributed by atoms with van der Waals surface area (Å²) in [5.41, 5.74) is 1.49. The lowest BCUT2D eigenvalue weighted by molar-refractivity contribution is -0.154. The number of aromatic nitrogens is 2. The van der Waals surface area contributed by atoms with E-state index in [2.05, 4.69) is 21.3 Å². The Bertz CT molecular complexity index is 1430. The molecule has 4 aromatic rings. The highest BCUT2D eigenvalue weighted by atomic mass is 19.4. The van der Waals surface area contributed by atoms with Gasteiger partial charge in [0.25, 0.3) is 0 Å². The monoisotopic (exact) mass is 546 g/mol. The van der Waals surface area contributed by atoms with Gasteiger partial charge >= 0.3 is 6.18 Å². The summed E-state index contributed by atoms with van der Waals surface area (Å²) in [7, 11) is 0. The minimum absolute atomic E-state index is 0.0747. The van der Waals surface area contributed by atoms with Gasteiger partial charge in [0.15, 0.2) is 29.7 Å². The minimum Gasteiger partial charge on any atom is -0.486 e. The van der Waals surface area contributed by atoms with Gasteiger partial charge in [-0.2, -0.15) is 13.2 Å². The standard InChI is InChI=1S/C29H24F6N2O2/c1-2-11-38-22-15-36-26(37-16-22)10-5-18-4-9-23-21(12-18)8-7-20(27(23)32)6-3-19-13-24(30)28(25(31)14-19)39-17-29(33,34)35/h2,4,7-9,12-16H,1,3,5-6,10-11,17H2. The van der Waals surface area contributed by atoms with Crippen LogP contribution in [0, 0.1) is 17.5 Å². The first-order valence-corrected chi connectivity index (χ1v) is 12.0. The van der Waals surface area contributed by atoms with Crippen LogP contribution in [0.25, 0.3) is 10.8 Å². The van der Waals surface area contributed by atoms with E-state index in [0.29, 0.717) is 47.4 Å². The molecule has 10 heteroatoms. The number of rotatable bonds is 11. The Labute approximate surface area is 220 Å². The molecule has 1 aromatic heterocycles. The zero-order valence-electron chi connectivity index (χ0n) is 20.7. The second kappa shape index (κ2) is 12.2. The van der Waals surface area contributed by atoms with Gasteiger partial charge in [0.05, 0.1) is 12.4 Å². The highest BCUT2D eigenvalue weighted by Crippen LogP contribution is 2.28. The fraction of sp³-hybridized carbons (Fsp3) is 0.241. The van der Waals surface area contributed by atoms with E-state index in [1.54, 1.807) is 36.7 Å². The molecule has 4 rings (SSSR count). The van der Waals surface area contributed by atoms with Gasteiger partial charge in [0.2, 0.25) is 0 Å². The normalized spacial score (nSPS) is 11.5. The van der Waals surface area contributed by atoms with Crippen LogP contribution in [0.1, 0.15) is 22.5 Å². The molecule has 0 radical (unpaired) electrons. The predicted molar refractivity (Wildman–Crippen MR) is 134 cm³/mol. The molecule has 204 valence electrons. The lowest BCUT2D eigenvalue weighted by atomic mass is 9.98. The van der Waals surface area contributed by atoms with E-state index in [-0.39, 0.29) is 18.4 Å². The number of benzene rings is 3. The first kappa shape index (κ1) is 27.9. The summed E-state index contributed by atoms with van der Waals surface area (Å²) >= 11 is 0. The van der Waals surface area contributed by atoms with Crippen molar-refractivity contribution in [2.24, 2.45) is 0 Å². The van der Waals surface area contributed by atoms with E-state index in [0.717, 1.165) is 17.7 Å². The molecule has 39 heavy (non-hydrogen) atoms. The number of aryl methyl sites for hydroxylation is 4. The molecule has 0 spiro atoms. The average molecular weight is 547 g/mol. The summed E-state index contributed by atoms with van der Waals surface area (Å²) in [6.45, 7) is 2.14. The van der Waals surface area contributed by atoms with Gasteiger partial charge in [-0.25, -0.2) is 23.1 Å². The molecule has 0 fully saturated rings. The van der Waals surface area contributed by atoms with Gasteiger partial charge in [-0.05, 0) is 53.5 Å². The van der Waals surface area contributed by atoms with E-state index in [1.807, 2.05) is 12.1 Å². The topological polar surface area (TPSA) is 44.2 Å². The van der Waals surface area contributed by atoms with Crippen molar-refractivity contribution in [3.8, 4) is 11.5 Å². The quantitative estimate of drug-likeness (QED) is 0.148. The third-order valence-corrected chi connectivity index (χ3v) is 5.91. The van der Waals surface area contributed by atoms with Crippen LogP contribution in [0.3, 0.4) is 0 Å². The maximum Gasteiger partial charge on any atom is 0.422 e. The van der Waals surface area contributed by atoms with Crippen molar-refractivity contribution in [2.45, 2.75) is 31.9 Å². The van der Waals surface area contributed by atoms with Crippen molar-refractivity contribution in [3.63, 3.8) is 0 Å². The minimum atomic E-state index is -4.73. The van der Waals surface area contributed by atoms with Crippen LogP contribution in [0.2, 0.25) is 0 Å². The van der Waals surface area contributed by atoms with Crippen LogP contribution in [0.5, 0.6) is 11.5 Å². The number of hydrogen-bond donors (Lipinski definition) is 0. The van der Waals surface area contributed by atoms with Crippen molar-refractivity contribution in [3.05, 3.63) is 107 Å². The Morgan fingerprint density at radius 3 is 2.15 bits per heavy atom.